The summed E-state index contributed by atoms with van der Waals surface area (Å²) in [6.07, 6.45) is 0. The number of hydrogen-bond acceptors (Lipinski definition) is 3. The van der Waals surface area contributed by atoms with Gasteiger partial charge in [-0.3, -0.25) is 4.79 Å². The molecule has 12 heavy (non-hydrogen) atoms. The zero-order valence-corrected chi connectivity index (χ0v) is 6.61. The van der Waals surface area contributed by atoms with Gasteiger partial charge in [-0.1, -0.05) is 12.1 Å². The molecule has 0 heterocycles. The largest absolute Gasteiger partial charge is 0.465 e. The Hall–Kier alpha value is -1.64. The Morgan fingerprint density at radius 2 is 2.00 bits per heavy atom. The molecule has 1 aromatic rings. The molecule has 3 heteroatoms. The van der Waals surface area contributed by atoms with E-state index in [4.69, 9.17) is 0 Å². The standard InChI is InChI=1S/C9H8O3/c1-12-9(11)7-4-2-3-5-8(10)6-7/h2-6H,1H3. The summed E-state index contributed by atoms with van der Waals surface area (Å²) >= 11 is 0. The van der Waals surface area contributed by atoms with E-state index in [0.29, 0.717) is 0 Å². The van der Waals surface area contributed by atoms with Crippen LogP contribution >= 0.6 is 0 Å². The molecule has 0 saturated carbocycles. The van der Waals surface area contributed by atoms with Crippen LogP contribution in [0.1, 0.15) is 10.4 Å². The number of carbonyl (C=O) groups excluding carboxylic acids is 1. The molecular formula is C9H8O3. The van der Waals surface area contributed by atoms with E-state index in [-0.39, 0.29) is 11.0 Å². The van der Waals surface area contributed by atoms with Crippen LogP contribution in [0.2, 0.25) is 0 Å². The van der Waals surface area contributed by atoms with Gasteiger partial charge in [0.25, 0.3) is 0 Å². The number of esters is 1. The maximum atomic E-state index is 10.9. The average molecular weight is 164 g/mol. The minimum absolute atomic E-state index is 0.208. The summed E-state index contributed by atoms with van der Waals surface area (Å²) in [5.41, 5.74) is 0.0629. The van der Waals surface area contributed by atoms with E-state index in [1.165, 1.54) is 25.3 Å². The van der Waals surface area contributed by atoms with Crippen LogP contribution in [0, 0.1) is 0 Å². The minimum atomic E-state index is -0.497. The number of methoxy groups -OCH3 is 1. The zero-order valence-electron chi connectivity index (χ0n) is 6.61. The van der Waals surface area contributed by atoms with Gasteiger partial charge in [-0.2, -0.15) is 0 Å². The summed E-state index contributed by atoms with van der Waals surface area (Å²) in [4.78, 5) is 21.8. The summed E-state index contributed by atoms with van der Waals surface area (Å²) in [6, 6.07) is 7.36. The molecule has 1 aromatic carbocycles. The fourth-order valence-electron chi connectivity index (χ4n) is 0.804. The van der Waals surface area contributed by atoms with Crippen molar-refractivity contribution in [1.82, 2.24) is 0 Å². The van der Waals surface area contributed by atoms with Crippen LogP contribution in [0.25, 0.3) is 0 Å². The molecule has 0 aliphatic rings. The van der Waals surface area contributed by atoms with Crippen molar-refractivity contribution in [3.05, 3.63) is 46.1 Å². The lowest BCUT2D eigenvalue weighted by Crippen LogP contribution is -2.03. The molecule has 0 atom stereocenters. The lowest BCUT2D eigenvalue weighted by Gasteiger charge is -1.92. The molecule has 0 spiro atoms. The van der Waals surface area contributed by atoms with E-state index in [2.05, 4.69) is 4.74 Å². The first-order valence-electron chi connectivity index (χ1n) is 3.43. The first kappa shape index (κ1) is 8.46. The Morgan fingerprint density at radius 3 is 2.67 bits per heavy atom. The highest BCUT2D eigenvalue weighted by Gasteiger charge is 2.02. The van der Waals surface area contributed by atoms with Gasteiger partial charge < -0.3 is 4.74 Å². The van der Waals surface area contributed by atoms with Crippen molar-refractivity contribution in [3.8, 4) is 0 Å². The first-order chi connectivity index (χ1) is 5.74. The molecule has 0 amide bonds. The van der Waals surface area contributed by atoms with Crippen molar-refractivity contribution >= 4 is 5.97 Å². The lowest BCUT2D eigenvalue weighted by molar-refractivity contribution is 0.0601. The van der Waals surface area contributed by atoms with Crippen molar-refractivity contribution < 1.29 is 9.53 Å². The van der Waals surface area contributed by atoms with E-state index in [9.17, 15) is 9.59 Å². The van der Waals surface area contributed by atoms with E-state index in [1.807, 2.05) is 0 Å². The van der Waals surface area contributed by atoms with Crippen LogP contribution in [-0.4, -0.2) is 13.1 Å². The summed E-state index contributed by atoms with van der Waals surface area (Å²) in [6.45, 7) is 0. The molecule has 0 aliphatic carbocycles. The molecule has 1 rings (SSSR count). The fraction of sp³-hybridized carbons (Fsp3) is 0.111. The van der Waals surface area contributed by atoms with E-state index in [1.54, 1.807) is 12.1 Å². The average Bonchev–Trinajstić information content (AvgIpc) is 2.28. The van der Waals surface area contributed by atoms with Gasteiger partial charge in [-0.15, -0.1) is 0 Å². The normalized spacial score (nSPS) is 9.08. The van der Waals surface area contributed by atoms with Crippen molar-refractivity contribution in [2.75, 3.05) is 7.11 Å². The lowest BCUT2D eigenvalue weighted by atomic mass is 10.3. The number of ether oxygens (including phenoxy) is 1. The predicted molar refractivity (Wildman–Crippen MR) is 44.1 cm³/mol. The quantitative estimate of drug-likeness (QED) is 0.577. The highest BCUT2D eigenvalue weighted by molar-refractivity contribution is 5.88. The summed E-state index contributed by atoms with van der Waals surface area (Å²) in [5, 5.41) is 0. The van der Waals surface area contributed by atoms with Gasteiger partial charge >= 0.3 is 5.97 Å². The molecular weight excluding hydrogens is 156 g/mol. The summed E-state index contributed by atoms with van der Waals surface area (Å²) in [5.74, 6) is -0.497. The second kappa shape index (κ2) is 3.67. The second-order valence-corrected chi connectivity index (χ2v) is 2.21. The predicted octanol–water partition coefficient (Wildman–Crippen LogP) is 0.833. The minimum Gasteiger partial charge on any atom is -0.465 e. The maximum absolute atomic E-state index is 10.9. The molecule has 0 fully saturated rings. The molecule has 0 unspecified atom stereocenters. The van der Waals surface area contributed by atoms with Gasteiger partial charge in [0.15, 0.2) is 5.43 Å². The van der Waals surface area contributed by atoms with Crippen molar-refractivity contribution in [1.29, 1.82) is 0 Å². The monoisotopic (exact) mass is 164 g/mol. The Balaban J connectivity index is 3.20. The molecule has 0 aliphatic heterocycles. The second-order valence-electron chi connectivity index (χ2n) is 2.21. The molecule has 0 saturated heterocycles. The number of hydrogen-bond donors (Lipinski definition) is 0. The molecule has 0 aromatic heterocycles. The van der Waals surface area contributed by atoms with Crippen LogP contribution in [0.15, 0.2) is 35.1 Å². The van der Waals surface area contributed by atoms with E-state index < -0.39 is 5.97 Å². The topological polar surface area (TPSA) is 43.4 Å². The number of rotatable bonds is 1. The molecule has 0 bridgehead atoms. The first-order valence-corrected chi connectivity index (χ1v) is 3.43. The van der Waals surface area contributed by atoms with Gasteiger partial charge in [0, 0.05) is 0 Å². The van der Waals surface area contributed by atoms with Crippen LogP contribution < -0.4 is 5.43 Å². The highest BCUT2D eigenvalue weighted by Crippen LogP contribution is 1.95. The zero-order chi connectivity index (χ0) is 8.97. The summed E-state index contributed by atoms with van der Waals surface area (Å²) < 4.78 is 4.46. The summed E-state index contributed by atoms with van der Waals surface area (Å²) in [7, 11) is 1.28. The van der Waals surface area contributed by atoms with Gasteiger partial charge in [0.05, 0.1) is 12.7 Å². The third kappa shape index (κ3) is 1.92. The van der Waals surface area contributed by atoms with Crippen LogP contribution in [0.5, 0.6) is 0 Å². The molecule has 62 valence electrons. The molecule has 0 N–H and O–H groups in total. The third-order valence-corrected chi connectivity index (χ3v) is 1.37. The van der Waals surface area contributed by atoms with E-state index in [0.717, 1.165) is 0 Å². The van der Waals surface area contributed by atoms with Gasteiger partial charge in [-0.05, 0) is 18.2 Å². The van der Waals surface area contributed by atoms with Crippen LogP contribution in [0.3, 0.4) is 0 Å². The Bertz CT molecular complexity index is 344. The molecule has 0 radical (unpaired) electrons. The van der Waals surface area contributed by atoms with Gasteiger partial charge in [0.1, 0.15) is 0 Å². The Labute approximate surface area is 69.6 Å². The highest BCUT2D eigenvalue weighted by atomic mass is 16.5. The van der Waals surface area contributed by atoms with E-state index >= 15 is 0 Å². The fourth-order valence-corrected chi connectivity index (χ4v) is 0.804. The third-order valence-electron chi connectivity index (χ3n) is 1.37. The Kier molecular flexibility index (Phi) is 2.58. The van der Waals surface area contributed by atoms with Crippen molar-refractivity contribution in [3.63, 3.8) is 0 Å². The van der Waals surface area contributed by atoms with Crippen molar-refractivity contribution in [2.24, 2.45) is 0 Å². The van der Waals surface area contributed by atoms with Gasteiger partial charge in [0.2, 0.25) is 0 Å². The van der Waals surface area contributed by atoms with Gasteiger partial charge in [-0.25, -0.2) is 4.79 Å². The maximum Gasteiger partial charge on any atom is 0.337 e. The number of carbonyl (C=O) groups is 1. The Morgan fingerprint density at radius 1 is 1.33 bits per heavy atom. The smallest absolute Gasteiger partial charge is 0.337 e. The van der Waals surface area contributed by atoms with Crippen LogP contribution in [-0.2, 0) is 4.74 Å². The van der Waals surface area contributed by atoms with Crippen LogP contribution in [0.4, 0.5) is 0 Å². The molecule has 3 nitrogen and oxygen atoms in total. The van der Waals surface area contributed by atoms with Crippen molar-refractivity contribution in [2.45, 2.75) is 0 Å². The SMILES string of the molecule is COC(=O)c1ccccc(=O)c1.